The highest BCUT2D eigenvalue weighted by Crippen LogP contribution is 2.17. The molecule has 0 unspecified atom stereocenters. The molecule has 2 N–H and O–H groups in total. The number of aromatic amines is 1. The number of para-hydroxylation sites is 1. The number of nitrogens with one attached hydrogen (secondary N) is 2. The van der Waals surface area contributed by atoms with Crippen molar-refractivity contribution in [2.45, 2.75) is 13.3 Å². The van der Waals surface area contributed by atoms with E-state index in [4.69, 9.17) is 4.42 Å². The summed E-state index contributed by atoms with van der Waals surface area (Å²) in [7, 11) is 0. The highest BCUT2D eigenvalue weighted by molar-refractivity contribution is 5.89. The van der Waals surface area contributed by atoms with E-state index in [1.54, 1.807) is 6.07 Å². The highest BCUT2D eigenvalue weighted by atomic mass is 16.3. The fourth-order valence-corrected chi connectivity index (χ4v) is 2.18. The predicted octanol–water partition coefficient (Wildman–Crippen LogP) is 2.76. The van der Waals surface area contributed by atoms with Crippen LogP contribution < -0.4 is 5.43 Å². The van der Waals surface area contributed by atoms with Gasteiger partial charge in [-0.25, -0.2) is 5.43 Å². The Balaban J connectivity index is 1.63. The van der Waals surface area contributed by atoms with Crippen LogP contribution in [-0.4, -0.2) is 17.1 Å². The Morgan fingerprint density at radius 1 is 1.33 bits per heavy atom. The van der Waals surface area contributed by atoms with E-state index in [-0.39, 0.29) is 12.3 Å². The van der Waals surface area contributed by atoms with E-state index in [0.717, 1.165) is 22.2 Å². The Hall–Kier alpha value is -2.82. The number of hydrazone groups is 1. The zero-order valence-corrected chi connectivity index (χ0v) is 11.6. The van der Waals surface area contributed by atoms with Gasteiger partial charge in [0.15, 0.2) is 0 Å². The summed E-state index contributed by atoms with van der Waals surface area (Å²) in [6, 6.07) is 11.5. The molecule has 0 radical (unpaired) electrons. The minimum Gasteiger partial charge on any atom is -0.460 e. The number of hydrogen-bond donors (Lipinski definition) is 2. The summed E-state index contributed by atoms with van der Waals surface area (Å²) >= 11 is 0. The normalized spacial score (nSPS) is 11.3. The summed E-state index contributed by atoms with van der Waals surface area (Å²) in [5, 5.41) is 4.94. The molecule has 0 aliphatic heterocycles. The first-order valence-electron chi connectivity index (χ1n) is 6.66. The first-order valence-corrected chi connectivity index (χ1v) is 6.66. The van der Waals surface area contributed by atoms with E-state index in [0.29, 0.717) is 5.76 Å². The molecule has 21 heavy (non-hydrogen) atoms. The number of amides is 1. The van der Waals surface area contributed by atoms with Crippen molar-refractivity contribution in [3.63, 3.8) is 0 Å². The maximum absolute atomic E-state index is 11.9. The molecule has 1 aromatic carbocycles. The lowest BCUT2D eigenvalue weighted by molar-refractivity contribution is -0.120. The lowest BCUT2D eigenvalue weighted by Gasteiger charge is -1.98. The number of nitrogens with zero attached hydrogens (tertiary/aromatic N) is 1. The predicted molar refractivity (Wildman–Crippen MR) is 81.2 cm³/mol. The number of furan rings is 1. The molecular formula is C16H15N3O2. The summed E-state index contributed by atoms with van der Waals surface area (Å²) < 4.78 is 5.32. The molecule has 0 saturated carbocycles. The van der Waals surface area contributed by atoms with Gasteiger partial charge in [-0.15, -0.1) is 0 Å². The Kier molecular flexibility index (Phi) is 3.55. The van der Waals surface area contributed by atoms with Crippen LogP contribution in [0.2, 0.25) is 0 Å². The molecule has 3 rings (SSSR count). The smallest absolute Gasteiger partial charge is 0.244 e. The third kappa shape index (κ3) is 3.02. The second-order valence-corrected chi connectivity index (χ2v) is 4.78. The largest absolute Gasteiger partial charge is 0.460 e. The summed E-state index contributed by atoms with van der Waals surface area (Å²) in [6.07, 6.45) is 3.61. The van der Waals surface area contributed by atoms with Gasteiger partial charge in [-0.2, -0.15) is 5.10 Å². The molecule has 0 aliphatic carbocycles. The van der Waals surface area contributed by atoms with Gasteiger partial charge in [0.1, 0.15) is 11.5 Å². The molecule has 0 fully saturated rings. The minimum atomic E-state index is -0.167. The molecule has 3 aromatic rings. The Morgan fingerprint density at radius 2 is 2.19 bits per heavy atom. The van der Waals surface area contributed by atoms with Crippen LogP contribution in [0.1, 0.15) is 17.1 Å². The molecule has 1 amide bonds. The van der Waals surface area contributed by atoms with Crippen LogP contribution in [0.25, 0.3) is 10.9 Å². The average molecular weight is 281 g/mol. The van der Waals surface area contributed by atoms with Gasteiger partial charge in [0.05, 0.1) is 12.6 Å². The number of H-pyrrole nitrogens is 1. The van der Waals surface area contributed by atoms with E-state index in [1.165, 1.54) is 6.21 Å². The highest BCUT2D eigenvalue weighted by Gasteiger charge is 2.07. The average Bonchev–Trinajstić information content (AvgIpc) is 3.06. The van der Waals surface area contributed by atoms with Crippen molar-refractivity contribution < 1.29 is 9.21 Å². The number of rotatable bonds is 4. The van der Waals surface area contributed by atoms with Crippen molar-refractivity contribution in [2.24, 2.45) is 5.10 Å². The molecule has 106 valence electrons. The summed E-state index contributed by atoms with van der Waals surface area (Å²) in [4.78, 5) is 15.0. The van der Waals surface area contributed by atoms with E-state index >= 15 is 0 Å². The fraction of sp³-hybridized carbons (Fsp3) is 0.125. The minimum absolute atomic E-state index is 0.167. The van der Waals surface area contributed by atoms with Crippen molar-refractivity contribution in [2.75, 3.05) is 0 Å². The monoisotopic (exact) mass is 281 g/mol. The van der Waals surface area contributed by atoms with Crippen LogP contribution in [0.5, 0.6) is 0 Å². The molecule has 0 spiro atoms. The molecule has 0 atom stereocenters. The number of hydrogen-bond acceptors (Lipinski definition) is 3. The third-order valence-electron chi connectivity index (χ3n) is 3.17. The van der Waals surface area contributed by atoms with Crippen LogP contribution in [-0.2, 0) is 11.2 Å². The van der Waals surface area contributed by atoms with Gasteiger partial charge in [0.25, 0.3) is 0 Å². The van der Waals surface area contributed by atoms with Crippen molar-refractivity contribution in [3.05, 3.63) is 59.7 Å². The number of fused-ring (bicyclic) bond motifs is 1. The van der Waals surface area contributed by atoms with Gasteiger partial charge in [0.2, 0.25) is 5.91 Å². The maximum Gasteiger partial charge on any atom is 0.244 e. The van der Waals surface area contributed by atoms with Crippen molar-refractivity contribution in [3.8, 4) is 0 Å². The summed E-state index contributed by atoms with van der Waals surface area (Å²) in [5.74, 6) is 1.25. The maximum atomic E-state index is 11.9. The van der Waals surface area contributed by atoms with E-state index in [2.05, 4.69) is 15.5 Å². The van der Waals surface area contributed by atoms with Gasteiger partial charge < -0.3 is 9.40 Å². The SMILES string of the molecule is Cc1ccc(C=NNC(=O)Cc2c[nH]c3ccccc23)o1. The topological polar surface area (TPSA) is 70.4 Å². The van der Waals surface area contributed by atoms with Crippen LogP contribution in [0.3, 0.4) is 0 Å². The lowest BCUT2D eigenvalue weighted by atomic mass is 10.1. The van der Waals surface area contributed by atoms with Gasteiger partial charge in [-0.3, -0.25) is 4.79 Å². The quantitative estimate of drug-likeness (QED) is 0.570. The zero-order valence-electron chi connectivity index (χ0n) is 11.6. The number of benzene rings is 1. The number of aryl methyl sites for hydroxylation is 1. The molecule has 5 nitrogen and oxygen atoms in total. The zero-order chi connectivity index (χ0) is 14.7. The van der Waals surface area contributed by atoms with Crippen LogP contribution in [0.4, 0.5) is 0 Å². The second-order valence-electron chi connectivity index (χ2n) is 4.78. The van der Waals surface area contributed by atoms with Crippen LogP contribution >= 0.6 is 0 Å². The van der Waals surface area contributed by atoms with Crippen molar-refractivity contribution in [1.29, 1.82) is 0 Å². The van der Waals surface area contributed by atoms with Gasteiger partial charge in [-0.05, 0) is 30.7 Å². The van der Waals surface area contributed by atoms with Crippen molar-refractivity contribution in [1.82, 2.24) is 10.4 Å². The first kappa shape index (κ1) is 13.2. The number of carbonyl (C=O) groups excluding carboxylic acids is 1. The van der Waals surface area contributed by atoms with E-state index in [1.807, 2.05) is 43.5 Å². The van der Waals surface area contributed by atoms with E-state index < -0.39 is 0 Å². The van der Waals surface area contributed by atoms with E-state index in [9.17, 15) is 4.79 Å². The van der Waals surface area contributed by atoms with Crippen LogP contribution in [0.15, 0.2) is 52.1 Å². The second kappa shape index (κ2) is 5.66. The molecule has 2 aromatic heterocycles. The molecule has 0 aliphatic rings. The Labute approximate surface area is 121 Å². The van der Waals surface area contributed by atoms with Crippen molar-refractivity contribution >= 4 is 23.0 Å². The Morgan fingerprint density at radius 3 is 3.00 bits per heavy atom. The standard InChI is InChI=1S/C16H15N3O2/c1-11-6-7-13(21-11)10-18-19-16(20)8-12-9-17-15-5-3-2-4-14(12)15/h2-7,9-10,17H,8H2,1H3,(H,19,20). The Bertz CT molecular complexity index is 799. The van der Waals surface area contributed by atoms with Gasteiger partial charge >= 0.3 is 0 Å². The molecule has 2 heterocycles. The number of carbonyl (C=O) groups is 1. The summed E-state index contributed by atoms with van der Waals surface area (Å²) in [6.45, 7) is 1.85. The van der Waals surface area contributed by atoms with Gasteiger partial charge in [-0.1, -0.05) is 18.2 Å². The fourth-order valence-electron chi connectivity index (χ4n) is 2.18. The molecule has 0 saturated heterocycles. The lowest BCUT2D eigenvalue weighted by Crippen LogP contribution is -2.19. The molecular weight excluding hydrogens is 266 g/mol. The summed E-state index contributed by atoms with van der Waals surface area (Å²) in [5.41, 5.74) is 4.47. The number of aromatic nitrogens is 1. The first-order chi connectivity index (χ1) is 10.2. The van der Waals surface area contributed by atoms with Crippen LogP contribution in [0, 0.1) is 6.92 Å². The molecule has 5 heteroatoms. The molecule has 0 bridgehead atoms. The third-order valence-corrected chi connectivity index (χ3v) is 3.17. The van der Waals surface area contributed by atoms with Gasteiger partial charge in [0, 0.05) is 17.1 Å².